The summed E-state index contributed by atoms with van der Waals surface area (Å²) in [4.78, 5) is 28.7. The second-order valence-electron chi connectivity index (χ2n) is 8.82. The molecule has 0 unspecified atom stereocenters. The van der Waals surface area contributed by atoms with Crippen molar-refractivity contribution in [1.82, 2.24) is 15.5 Å². The summed E-state index contributed by atoms with van der Waals surface area (Å²) in [5.74, 6) is 0.473. The van der Waals surface area contributed by atoms with Crippen LogP contribution in [0.2, 0.25) is 0 Å². The lowest BCUT2D eigenvalue weighted by atomic mass is 9.80. The third-order valence-electron chi connectivity index (χ3n) is 6.45. The van der Waals surface area contributed by atoms with Gasteiger partial charge in [0, 0.05) is 25.2 Å². The molecule has 1 aliphatic carbocycles. The first-order valence-corrected chi connectivity index (χ1v) is 13.1. The highest BCUT2D eigenvalue weighted by atomic mass is 32.2. The monoisotopic (exact) mass is 463 g/mol. The Morgan fingerprint density at radius 3 is 2.47 bits per heavy atom. The number of aliphatic hydroxyl groups excluding tert-OH is 1. The van der Waals surface area contributed by atoms with E-state index in [4.69, 9.17) is 4.74 Å². The van der Waals surface area contributed by atoms with Gasteiger partial charge in [-0.05, 0) is 49.0 Å². The van der Waals surface area contributed by atoms with Crippen LogP contribution in [0.5, 0.6) is 0 Å². The van der Waals surface area contributed by atoms with Gasteiger partial charge in [-0.3, -0.25) is 14.5 Å². The number of rotatable bonds is 10. The number of thioether (sulfide) groups is 1. The third kappa shape index (κ3) is 6.94. The zero-order valence-electron chi connectivity index (χ0n) is 19.1. The SMILES string of the molecule is CSCC[C@@H](CO)NC(=O)C1(NC(=O)c2ccc(CN3CCOCC3)cc2)CCCCC1. The van der Waals surface area contributed by atoms with E-state index in [1.54, 1.807) is 11.8 Å². The first kappa shape index (κ1) is 25.0. The van der Waals surface area contributed by atoms with Crippen molar-refractivity contribution in [3.05, 3.63) is 35.4 Å². The Labute approximate surface area is 195 Å². The molecule has 1 saturated carbocycles. The average Bonchev–Trinajstić information content (AvgIpc) is 2.83. The van der Waals surface area contributed by atoms with Crippen LogP contribution in [0.1, 0.15) is 54.4 Å². The van der Waals surface area contributed by atoms with E-state index in [-0.39, 0.29) is 24.5 Å². The minimum absolute atomic E-state index is 0.0963. The largest absolute Gasteiger partial charge is 0.394 e. The fourth-order valence-corrected chi connectivity index (χ4v) is 4.95. The summed E-state index contributed by atoms with van der Waals surface area (Å²) in [6.45, 7) is 4.12. The quantitative estimate of drug-likeness (QED) is 0.493. The summed E-state index contributed by atoms with van der Waals surface area (Å²) >= 11 is 1.69. The van der Waals surface area contributed by atoms with Crippen molar-refractivity contribution < 1.29 is 19.4 Å². The number of hydrogen-bond acceptors (Lipinski definition) is 6. The number of hydrogen-bond donors (Lipinski definition) is 3. The lowest BCUT2D eigenvalue weighted by Crippen LogP contribution is -2.61. The maximum absolute atomic E-state index is 13.2. The van der Waals surface area contributed by atoms with Gasteiger partial charge < -0.3 is 20.5 Å². The molecule has 7 nitrogen and oxygen atoms in total. The fourth-order valence-electron chi connectivity index (χ4n) is 4.43. The molecule has 2 aliphatic rings. The number of carbonyl (C=O) groups is 2. The molecule has 1 atom stereocenters. The van der Waals surface area contributed by atoms with Gasteiger partial charge in [-0.2, -0.15) is 11.8 Å². The Morgan fingerprint density at radius 2 is 1.84 bits per heavy atom. The van der Waals surface area contributed by atoms with Crippen LogP contribution < -0.4 is 10.6 Å². The smallest absolute Gasteiger partial charge is 0.252 e. The molecule has 0 radical (unpaired) electrons. The molecule has 1 aliphatic heterocycles. The van der Waals surface area contributed by atoms with Crippen LogP contribution in [0.4, 0.5) is 0 Å². The van der Waals surface area contributed by atoms with Crippen LogP contribution in [0, 0.1) is 0 Å². The first-order chi connectivity index (χ1) is 15.6. The normalized spacial score (nSPS) is 19.8. The van der Waals surface area contributed by atoms with Crippen molar-refractivity contribution in [3.8, 4) is 0 Å². The van der Waals surface area contributed by atoms with Gasteiger partial charge in [0.2, 0.25) is 5.91 Å². The van der Waals surface area contributed by atoms with Crippen LogP contribution in [-0.4, -0.2) is 78.3 Å². The van der Waals surface area contributed by atoms with Crippen molar-refractivity contribution >= 4 is 23.6 Å². The van der Waals surface area contributed by atoms with E-state index in [0.29, 0.717) is 24.8 Å². The molecule has 0 bridgehead atoms. The number of aliphatic hydroxyl groups is 1. The van der Waals surface area contributed by atoms with Crippen molar-refractivity contribution in [2.45, 2.75) is 56.7 Å². The Morgan fingerprint density at radius 1 is 1.16 bits per heavy atom. The summed E-state index contributed by atoms with van der Waals surface area (Å²) in [6, 6.07) is 7.37. The Bertz CT molecular complexity index is 731. The molecule has 3 rings (SSSR count). The standard InChI is InChI=1S/C24H37N3O4S/c1-32-16-9-21(18-28)25-23(30)24(10-3-2-4-11-24)26-22(29)20-7-5-19(6-8-20)17-27-12-14-31-15-13-27/h5-8,21,28H,2-4,9-18H2,1H3,(H,25,30)(H,26,29)/t21-/m0/s1. The van der Waals surface area contributed by atoms with Gasteiger partial charge in [0.05, 0.1) is 25.9 Å². The number of carbonyl (C=O) groups excluding carboxylic acids is 2. The van der Waals surface area contributed by atoms with Crippen molar-refractivity contribution in [2.75, 3.05) is 44.9 Å². The molecular weight excluding hydrogens is 426 g/mol. The number of benzene rings is 1. The Kier molecular flexibility index (Phi) is 9.84. The van der Waals surface area contributed by atoms with E-state index in [0.717, 1.165) is 63.4 Å². The highest BCUT2D eigenvalue weighted by molar-refractivity contribution is 7.98. The van der Waals surface area contributed by atoms with Crippen LogP contribution >= 0.6 is 11.8 Å². The van der Waals surface area contributed by atoms with E-state index in [9.17, 15) is 14.7 Å². The zero-order valence-corrected chi connectivity index (χ0v) is 19.9. The molecule has 1 heterocycles. The van der Waals surface area contributed by atoms with Gasteiger partial charge in [-0.1, -0.05) is 31.4 Å². The van der Waals surface area contributed by atoms with E-state index in [1.165, 1.54) is 0 Å². The average molecular weight is 464 g/mol. The van der Waals surface area contributed by atoms with E-state index >= 15 is 0 Å². The predicted molar refractivity (Wildman–Crippen MR) is 128 cm³/mol. The maximum atomic E-state index is 13.2. The number of nitrogens with one attached hydrogen (secondary N) is 2. The highest BCUT2D eigenvalue weighted by Crippen LogP contribution is 2.29. The van der Waals surface area contributed by atoms with Gasteiger partial charge in [-0.15, -0.1) is 0 Å². The van der Waals surface area contributed by atoms with Crippen molar-refractivity contribution in [1.29, 1.82) is 0 Å². The molecule has 32 heavy (non-hydrogen) atoms. The second-order valence-corrected chi connectivity index (χ2v) is 9.80. The highest BCUT2D eigenvalue weighted by Gasteiger charge is 2.41. The zero-order chi connectivity index (χ0) is 22.8. The number of ether oxygens (including phenoxy) is 1. The third-order valence-corrected chi connectivity index (χ3v) is 7.09. The van der Waals surface area contributed by atoms with E-state index in [1.807, 2.05) is 30.5 Å². The minimum Gasteiger partial charge on any atom is -0.394 e. The van der Waals surface area contributed by atoms with Crippen LogP contribution in [0.25, 0.3) is 0 Å². The molecule has 8 heteroatoms. The van der Waals surface area contributed by atoms with Crippen LogP contribution in [0.3, 0.4) is 0 Å². The van der Waals surface area contributed by atoms with E-state index in [2.05, 4.69) is 15.5 Å². The lowest BCUT2D eigenvalue weighted by Gasteiger charge is -2.37. The fraction of sp³-hybridized carbons (Fsp3) is 0.667. The van der Waals surface area contributed by atoms with Gasteiger partial charge >= 0.3 is 0 Å². The lowest BCUT2D eigenvalue weighted by molar-refractivity contribution is -0.129. The number of nitrogens with zero attached hydrogens (tertiary/aromatic N) is 1. The summed E-state index contributed by atoms with van der Waals surface area (Å²) in [7, 11) is 0. The molecule has 3 N–H and O–H groups in total. The topological polar surface area (TPSA) is 90.9 Å². The summed E-state index contributed by atoms with van der Waals surface area (Å²) in [5, 5.41) is 15.7. The Balaban J connectivity index is 1.64. The van der Waals surface area contributed by atoms with Gasteiger partial charge in [0.15, 0.2) is 0 Å². The molecule has 178 valence electrons. The molecule has 2 amide bonds. The number of morpholine rings is 1. The molecular formula is C24H37N3O4S. The summed E-state index contributed by atoms with van der Waals surface area (Å²) in [6.07, 6.45) is 6.84. The van der Waals surface area contributed by atoms with Crippen LogP contribution in [0.15, 0.2) is 24.3 Å². The van der Waals surface area contributed by atoms with Gasteiger partial charge in [-0.25, -0.2) is 0 Å². The maximum Gasteiger partial charge on any atom is 0.252 e. The van der Waals surface area contributed by atoms with E-state index < -0.39 is 5.54 Å². The van der Waals surface area contributed by atoms with Crippen LogP contribution in [-0.2, 0) is 16.1 Å². The Hall–Kier alpha value is -1.61. The predicted octanol–water partition coefficient (Wildman–Crippen LogP) is 2.18. The molecule has 0 aromatic heterocycles. The minimum atomic E-state index is -0.908. The second kappa shape index (κ2) is 12.6. The van der Waals surface area contributed by atoms with Crippen molar-refractivity contribution in [3.63, 3.8) is 0 Å². The summed E-state index contributed by atoms with van der Waals surface area (Å²) < 4.78 is 5.40. The van der Waals surface area contributed by atoms with Crippen molar-refractivity contribution in [2.24, 2.45) is 0 Å². The molecule has 1 aromatic rings. The molecule has 0 spiro atoms. The molecule has 1 aromatic carbocycles. The first-order valence-electron chi connectivity index (χ1n) is 11.7. The number of amides is 2. The van der Waals surface area contributed by atoms with Gasteiger partial charge in [0.25, 0.3) is 5.91 Å². The molecule has 2 fully saturated rings. The molecule has 1 saturated heterocycles. The summed E-state index contributed by atoms with van der Waals surface area (Å²) in [5.41, 5.74) is 0.817. The van der Waals surface area contributed by atoms with Gasteiger partial charge in [0.1, 0.15) is 5.54 Å².